The molecule has 0 radical (unpaired) electrons. The Morgan fingerprint density at radius 1 is 1.10 bits per heavy atom. The Morgan fingerprint density at radius 3 is 2.60 bits per heavy atom. The Balaban J connectivity index is 1.81. The van der Waals surface area contributed by atoms with Gasteiger partial charge in [-0.05, 0) is 36.5 Å². The molecule has 0 aliphatic heterocycles. The number of amides is 2. The third kappa shape index (κ3) is 3.62. The van der Waals surface area contributed by atoms with Gasteiger partial charge in [-0.15, -0.1) is 0 Å². The summed E-state index contributed by atoms with van der Waals surface area (Å²) in [6.07, 6.45) is 2.86. The lowest BCUT2D eigenvalue weighted by Crippen LogP contribution is -2.48. The summed E-state index contributed by atoms with van der Waals surface area (Å²) in [4.78, 5) is 27.1. The van der Waals surface area contributed by atoms with Crippen molar-refractivity contribution in [3.05, 3.63) is 54.2 Å². The van der Waals surface area contributed by atoms with E-state index in [1.54, 1.807) is 24.3 Å². The number of carbonyl (C=O) groups is 2. The minimum atomic E-state index is -0.514. The first-order valence-corrected chi connectivity index (χ1v) is 5.94. The van der Waals surface area contributed by atoms with Gasteiger partial charge in [0.05, 0.1) is 6.26 Å². The average Bonchev–Trinajstić information content (AvgIpc) is 3.00. The van der Waals surface area contributed by atoms with Crippen molar-refractivity contribution in [1.82, 2.24) is 21.2 Å². The van der Waals surface area contributed by atoms with Crippen LogP contribution in [0.5, 0.6) is 0 Å². The van der Waals surface area contributed by atoms with Gasteiger partial charge in [-0.3, -0.25) is 30.7 Å². The summed E-state index contributed by atoms with van der Waals surface area (Å²) in [6, 6.07) is 7.98. The van der Waals surface area contributed by atoms with Gasteiger partial charge >= 0.3 is 0 Å². The molecule has 7 nitrogen and oxygen atoms in total. The van der Waals surface area contributed by atoms with Gasteiger partial charge in [-0.1, -0.05) is 6.07 Å². The molecular weight excluding hydrogens is 280 g/mol. The van der Waals surface area contributed by atoms with Crippen LogP contribution in [0.1, 0.15) is 21.0 Å². The molecule has 0 spiro atoms. The molecule has 0 bridgehead atoms. The summed E-state index contributed by atoms with van der Waals surface area (Å²) < 4.78 is 4.89. The van der Waals surface area contributed by atoms with Crippen LogP contribution in [-0.2, 0) is 0 Å². The molecule has 3 N–H and O–H groups in total. The molecule has 0 aliphatic rings. The second kappa shape index (κ2) is 6.43. The van der Waals surface area contributed by atoms with Crippen LogP contribution >= 0.6 is 12.2 Å². The molecule has 0 aromatic carbocycles. The number of hydrogen-bond donors (Lipinski definition) is 3. The first kappa shape index (κ1) is 13.7. The number of hydrazine groups is 1. The molecule has 20 heavy (non-hydrogen) atoms. The van der Waals surface area contributed by atoms with Crippen LogP contribution in [0, 0.1) is 0 Å². The molecule has 8 heteroatoms. The summed E-state index contributed by atoms with van der Waals surface area (Å²) in [5.74, 6) is -0.870. The zero-order valence-electron chi connectivity index (χ0n) is 10.1. The number of aromatic nitrogens is 1. The van der Waals surface area contributed by atoms with E-state index in [1.165, 1.54) is 18.5 Å². The van der Waals surface area contributed by atoms with E-state index in [0.29, 0.717) is 0 Å². The maximum atomic E-state index is 11.6. The van der Waals surface area contributed by atoms with E-state index in [1.807, 2.05) is 0 Å². The fourth-order valence-corrected chi connectivity index (χ4v) is 1.42. The number of nitrogens with one attached hydrogen (secondary N) is 3. The van der Waals surface area contributed by atoms with Crippen molar-refractivity contribution in [2.24, 2.45) is 0 Å². The van der Waals surface area contributed by atoms with Crippen LogP contribution in [0.3, 0.4) is 0 Å². The molecule has 2 aromatic rings. The third-order valence-corrected chi connectivity index (χ3v) is 2.36. The van der Waals surface area contributed by atoms with Gasteiger partial charge in [0.1, 0.15) is 5.69 Å². The highest BCUT2D eigenvalue weighted by atomic mass is 32.1. The van der Waals surface area contributed by atoms with Crippen molar-refractivity contribution in [2.45, 2.75) is 0 Å². The zero-order chi connectivity index (χ0) is 14.4. The van der Waals surface area contributed by atoms with Crippen LogP contribution in [0.2, 0.25) is 0 Å². The number of furan rings is 1. The maximum Gasteiger partial charge on any atom is 0.293 e. The molecule has 0 saturated carbocycles. The number of hydrogen-bond acceptors (Lipinski definition) is 5. The standard InChI is InChI=1S/C12H10N4O3S/c17-10(8-4-1-2-6-13-8)15-16-12(20)14-11(18)9-5-3-7-19-9/h1-7H,(H,15,17)(H2,14,16,18,20). The average molecular weight is 290 g/mol. The van der Waals surface area contributed by atoms with Crippen LogP contribution < -0.4 is 16.2 Å². The first-order chi connectivity index (χ1) is 9.66. The van der Waals surface area contributed by atoms with E-state index < -0.39 is 11.8 Å². The fraction of sp³-hybridized carbons (Fsp3) is 0. The van der Waals surface area contributed by atoms with E-state index in [4.69, 9.17) is 16.6 Å². The number of carbonyl (C=O) groups excluding carboxylic acids is 2. The second-order valence-corrected chi connectivity index (χ2v) is 3.96. The first-order valence-electron chi connectivity index (χ1n) is 5.53. The van der Waals surface area contributed by atoms with Crippen LogP contribution in [0.25, 0.3) is 0 Å². The monoisotopic (exact) mass is 290 g/mol. The summed E-state index contributed by atoms with van der Waals surface area (Å²) in [7, 11) is 0. The van der Waals surface area contributed by atoms with Crippen LogP contribution in [0.4, 0.5) is 0 Å². The van der Waals surface area contributed by atoms with E-state index in [2.05, 4.69) is 21.2 Å². The van der Waals surface area contributed by atoms with E-state index in [0.717, 1.165) is 0 Å². The van der Waals surface area contributed by atoms with Crippen molar-refractivity contribution < 1.29 is 14.0 Å². The SMILES string of the molecule is O=C(NNC(=S)NC(=O)c1ccco1)c1ccccn1. The highest BCUT2D eigenvalue weighted by Crippen LogP contribution is 1.98. The van der Waals surface area contributed by atoms with Crippen molar-refractivity contribution in [1.29, 1.82) is 0 Å². The van der Waals surface area contributed by atoms with Gasteiger partial charge in [0.15, 0.2) is 10.9 Å². The minimum Gasteiger partial charge on any atom is -0.459 e. The lowest BCUT2D eigenvalue weighted by Gasteiger charge is -2.09. The number of thiocarbonyl (C=S) groups is 1. The fourth-order valence-electron chi connectivity index (χ4n) is 1.28. The van der Waals surface area contributed by atoms with E-state index in [9.17, 15) is 9.59 Å². The highest BCUT2D eigenvalue weighted by Gasteiger charge is 2.11. The normalized spacial score (nSPS) is 9.60. The predicted octanol–water partition coefficient (Wildman–Crippen LogP) is 0.624. The van der Waals surface area contributed by atoms with Gasteiger partial charge in [0.2, 0.25) is 0 Å². The number of pyridine rings is 1. The van der Waals surface area contributed by atoms with Gasteiger partial charge in [-0.2, -0.15) is 0 Å². The lowest BCUT2D eigenvalue weighted by atomic mass is 10.3. The molecule has 0 fully saturated rings. The molecule has 102 valence electrons. The van der Waals surface area contributed by atoms with Gasteiger partial charge < -0.3 is 4.42 Å². The molecular formula is C12H10N4O3S. The van der Waals surface area contributed by atoms with Gasteiger partial charge in [0, 0.05) is 6.20 Å². The van der Waals surface area contributed by atoms with Gasteiger partial charge in [-0.25, -0.2) is 0 Å². The Morgan fingerprint density at radius 2 is 1.95 bits per heavy atom. The maximum absolute atomic E-state index is 11.6. The zero-order valence-corrected chi connectivity index (χ0v) is 10.9. The summed E-state index contributed by atoms with van der Waals surface area (Å²) in [5, 5.41) is 2.28. The Kier molecular flexibility index (Phi) is 4.40. The number of rotatable bonds is 2. The summed E-state index contributed by atoms with van der Waals surface area (Å²) in [6.45, 7) is 0. The molecule has 2 heterocycles. The molecule has 2 aromatic heterocycles. The summed E-state index contributed by atoms with van der Waals surface area (Å²) in [5.41, 5.74) is 4.93. The van der Waals surface area contributed by atoms with Crippen molar-refractivity contribution in [3.63, 3.8) is 0 Å². The molecule has 0 atom stereocenters. The second-order valence-electron chi connectivity index (χ2n) is 3.55. The lowest BCUT2D eigenvalue weighted by molar-refractivity contribution is 0.0924. The Labute approximate surface area is 119 Å². The van der Waals surface area contributed by atoms with Crippen molar-refractivity contribution in [3.8, 4) is 0 Å². The Hall–Kier alpha value is -2.74. The molecule has 0 aliphatic carbocycles. The minimum absolute atomic E-state index is 0.0596. The largest absolute Gasteiger partial charge is 0.459 e. The summed E-state index contributed by atoms with van der Waals surface area (Å²) >= 11 is 4.85. The van der Waals surface area contributed by atoms with E-state index >= 15 is 0 Å². The predicted molar refractivity (Wildman–Crippen MR) is 73.6 cm³/mol. The molecule has 0 saturated heterocycles. The van der Waals surface area contributed by atoms with Crippen LogP contribution in [0.15, 0.2) is 47.2 Å². The van der Waals surface area contributed by atoms with Gasteiger partial charge in [0.25, 0.3) is 11.8 Å². The van der Waals surface area contributed by atoms with Crippen molar-refractivity contribution >= 4 is 29.1 Å². The molecule has 0 unspecified atom stereocenters. The van der Waals surface area contributed by atoms with Crippen LogP contribution in [-0.4, -0.2) is 21.9 Å². The number of nitrogens with zero attached hydrogens (tertiary/aromatic N) is 1. The topological polar surface area (TPSA) is 96.3 Å². The highest BCUT2D eigenvalue weighted by molar-refractivity contribution is 7.80. The van der Waals surface area contributed by atoms with E-state index in [-0.39, 0.29) is 16.6 Å². The Bertz CT molecular complexity index is 613. The molecule has 2 rings (SSSR count). The van der Waals surface area contributed by atoms with Crippen molar-refractivity contribution in [2.75, 3.05) is 0 Å². The third-order valence-electron chi connectivity index (χ3n) is 2.16. The quantitative estimate of drug-likeness (QED) is 0.554. The smallest absolute Gasteiger partial charge is 0.293 e. The molecule has 2 amide bonds.